The van der Waals surface area contributed by atoms with Gasteiger partial charge in [0.2, 0.25) is 0 Å². The molecule has 1 amide bonds. The minimum absolute atomic E-state index is 0.0815. The first kappa shape index (κ1) is 23.0. The molecule has 10 heteroatoms. The van der Waals surface area contributed by atoms with Crippen molar-refractivity contribution in [2.75, 3.05) is 19.1 Å². The van der Waals surface area contributed by atoms with Gasteiger partial charge in [-0.2, -0.15) is 0 Å². The number of thiazole rings is 1. The number of amides is 1. The summed E-state index contributed by atoms with van der Waals surface area (Å²) in [6, 6.07) is 11.3. The van der Waals surface area contributed by atoms with Gasteiger partial charge >= 0.3 is 11.9 Å². The molecular weight excluding hydrogens is 460 g/mol. The highest BCUT2D eigenvalue weighted by Crippen LogP contribution is 2.44. The van der Waals surface area contributed by atoms with Crippen molar-refractivity contribution in [3.05, 3.63) is 75.8 Å². The monoisotopic (exact) mass is 480 g/mol. The molecule has 0 spiro atoms. The molecule has 1 unspecified atom stereocenters. The van der Waals surface area contributed by atoms with Crippen molar-refractivity contribution >= 4 is 39.9 Å². The van der Waals surface area contributed by atoms with Gasteiger partial charge in [-0.15, -0.1) is 0 Å². The van der Waals surface area contributed by atoms with Crippen LogP contribution in [-0.2, 0) is 14.3 Å². The van der Waals surface area contributed by atoms with E-state index in [1.54, 1.807) is 37.3 Å². The van der Waals surface area contributed by atoms with Crippen LogP contribution in [0.5, 0.6) is 11.5 Å². The Morgan fingerprint density at radius 3 is 2.53 bits per heavy atom. The average molecular weight is 480 g/mol. The maximum absolute atomic E-state index is 13.2. The zero-order valence-corrected chi connectivity index (χ0v) is 19.3. The van der Waals surface area contributed by atoms with Crippen LogP contribution in [0, 0.1) is 6.92 Å². The molecule has 1 atom stereocenters. The largest absolute Gasteiger partial charge is 0.508 e. The third-order valence-electron chi connectivity index (χ3n) is 5.34. The number of carbonyl (C=O) groups excluding carboxylic acids is 3. The summed E-state index contributed by atoms with van der Waals surface area (Å²) < 4.78 is 9.98. The molecule has 2 aromatic carbocycles. The fraction of sp³-hybridized carbons (Fsp3) is 0.167. The minimum Gasteiger partial charge on any atom is -0.508 e. The highest BCUT2D eigenvalue weighted by atomic mass is 32.1. The van der Waals surface area contributed by atoms with Crippen LogP contribution in [0.4, 0.5) is 5.13 Å². The van der Waals surface area contributed by atoms with E-state index in [4.69, 9.17) is 9.47 Å². The molecule has 1 aromatic heterocycles. The van der Waals surface area contributed by atoms with Crippen LogP contribution >= 0.6 is 11.3 Å². The summed E-state index contributed by atoms with van der Waals surface area (Å²) in [6.45, 7) is 1.59. The summed E-state index contributed by atoms with van der Waals surface area (Å²) in [5.41, 5.74) is 0.789. The second kappa shape index (κ2) is 8.99. The lowest BCUT2D eigenvalue weighted by molar-refractivity contribution is -0.132. The first-order valence-electron chi connectivity index (χ1n) is 10.1. The summed E-state index contributed by atoms with van der Waals surface area (Å²) in [5, 5.41) is 21.3. The van der Waals surface area contributed by atoms with Crippen LogP contribution in [0.2, 0.25) is 0 Å². The standard InChI is InChI=1S/C24H20N2O7S/c1-12-21(23(31)33-3)34-24(25-12)26-18(13-6-4-8-15(27)10-13)17(20(29)22(26)30)19(28)14-7-5-9-16(11-14)32-2/h4-11,18,27-28H,1-3H3/b19-17-. The van der Waals surface area contributed by atoms with Crippen LogP contribution in [0.3, 0.4) is 0 Å². The smallest absolute Gasteiger partial charge is 0.350 e. The molecule has 0 aliphatic carbocycles. The number of nitrogens with zero attached hydrogens (tertiary/aromatic N) is 2. The molecule has 1 fully saturated rings. The van der Waals surface area contributed by atoms with Gasteiger partial charge in [-0.05, 0) is 36.8 Å². The molecule has 2 heterocycles. The van der Waals surface area contributed by atoms with Crippen molar-refractivity contribution in [3.8, 4) is 11.5 Å². The van der Waals surface area contributed by atoms with E-state index in [0.29, 0.717) is 17.0 Å². The second-order valence-corrected chi connectivity index (χ2v) is 8.38. The highest BCUT2D eigenvalue weighted by molar-refractivity contribution is 7.17. The van der Waals surface area contributed by atoms with Gasteiger partial charge in [0.05, 0.1) is 31.5 Å². The van der Waals surface area contributed by atoms with Crippen LogP contribution in [-0.4, -0.2) is 47.1 Å². The van der Waals surface area contributed by atoms with E-state index in [-0.39, 0.29) is 26.9 Å². The first-order valence-corrected chi connectivity index (χ1v) is 10.9. The number of aliphatic hydroxyl groups is 1. The van der Waals surface area contributed by atoms with E-state index in [1.165, 1.54) is 32.4 Å². The van der Waals surface area contributed by atoms with Crippen molar-refractivity contribution < 1.29 is 34.1 Å². The number of hydrogen-bond acceptors (Lipinski definition) is 9. The molecule has 0 radical (unpaired) electrons. The van der Waals surface area contributed by atoms with E-state index in [2.05, 4.69) is 4.98 Å². The van der Waals surface area contributed by atoms with Gasteiger partial charge < -0.3 is 19.7 Å². The molecule has 4 rings (SSSR count). The Morgan fingerprint density at radius 1 is 1.12 bits per heavy atom. The number of ketones is 1. The summed E-state index contributed by atoms with van der Waals surface area (Å²) in [4.78, 5) is 44.1. The van der Waals surface area contributed by atoms with Crippen LogP contribution < -0.4 is 9.64 Å². The summed E-state index contributed by atoms with van der Waals surface area (Å²) >= 11 is 0.894. The predicted octanol–water partition coefficient (Wildman–Crippen LogP) is 3.58. The number of aromatic hydroxyl groups is 1. The van der Waals surface area contributed by atoms with Crippen molar-refractivity contribution in [1.29, 1.82) is 0 Å². The Morgan fingerprint density at radius 2 is 1.85 bits per heavy atom. The Kier molecular flexibility index (Phi) is 6.08. The Bertz CT molecular complexity index is 1340. The van der Waals surface area contributed by atoms with E-state index in [1.807, 2.05) is 0 Å². The molecular formula is C24H20N2O7S. The van der Waals surface area contributed by atoms with Crippen LogP contribution in [0.15, 0.2) is 54.1 Å². The number of benzene rings is 2. The van der Waals surface area contributed by atoms with Gasteiger partial charge in [0.25, 0.3) is 5.78 Å². The SMILES string of the molecule is COC(=O)c1sc(N2C(=O)C(=O)/C(=C(\O)c3cccc(OC)c3)C2c2cccc(O)c2)nc1C. The zero-order valence-electron chi connectivity index (χ0n) is 18.4. The Labute approximate surface area is 198 Å². The molecule has 1 aliphatic heterocycles. The molecule has 1 aliphatic rings. The number of ether oxygens (including phenoxy) is 2. The molecule has 2 N–H and O–H groups in total. The lowest BCUT2D eigenvalue weighted by Crippen LogP contribution is -2.29. The van der Waals surface area contributed by atoms with Crippen molar-refractivity contribution in [3.63, 3.8) is 0 Å². The number of esters is 1. The number of aryl methyl sites for hydroxylation is 1. The molecule has 174 valence electrons. The number of anilines is 1. The van der Waals surface area contributed by atoms with Gasteiger partial charge in [-0.3, -0.25) is 14.5 Å². The maximum Gasteiger partial charge on any atom is 0.350 e. The van der Waals surface area contributed by atoms with Crippen LogP contribution in [0.1, 0.15) is 32.5 Å². The number of phenolic OH excluding ortho intramolecular Hbond substituents is 1. The third-order valence-corrected chi connectivity index (χ3v) is 6.47. The van der Waals surface area contributed by atoms with Crippen molar-refractivity contribution in [2.45, 2.75) is 13.0 Å². The number of phenols is 1. The number of Topliss-reactive ketones (excluding diaryl/α,β-unsaturated/α-hetero) is 1. The number of rotatable bonds is 5. The Balaban J connectivity index is 1.95. The summed E-state index contributed by atoms with van der Waals surface area (Å²) in [5.74, 6) is -2.53. The van der Waals surface area contributed by atoms with E-state index in [9.17, 15) is 24.6 Å². The number of aliphatic hydroxyl groups excluding tert-OH is 1. The van der Waals surface area contributed by atoms with Crippen molar-refractivity contribution in [1.82, 2.24) is 4.98 Å². The zero-order chi connectivity index (χ0) is 24.6. The lowest BCUT2D eigenvalue weighted by atomic mass is 9.95. The van der Waals surface area contributed by atoms with Gasteiger partial charge in [0.15, 0.2) is 5.13 Å². The molecule has 3 aromatic rings. The maximum atomic E-state index is 13.2. The second-order valence-electron chi connectivity index (χ2n) is 7.40. The number of methoxy groups -OCH3 is 2. The number of hydrogen-bond donors (Lipinski definition) is 2. The van der Waals surface area contributed by atoms with E-state index >= 15 is 0 Å². The fourth-order valence-electron chi connectivity index (χ4n) is 3.73. The molecule has 34 heavy (non-hydrogen) atoms. The lowest BCUT2D eigenvalue weighted by Gasteiger charge is -2.23. The van der Waals surface area contributed by atoms with Gasteiger partial charge in [0.1, 0.15) is 22.1 Å². The number of aromatic nitrogens is 1. The topological polar surface area (TPSA) is 126 Å². The molecule has 0 saturated carbocycles. The van der Waals surface area contributed by atoms with Crippen LogP contribution in [0.25, 0.3) is 5.76 Å². The normalized spacial score (nSPS) is 17.1. The average Bonchev–Trinajstić information content (AvgIpc) is 3.35. The molecule has 0 bridgehead atoms. The van der Waals surface area contributed by atoms with Gasteiger partial charge in [-0.1, -0.05) is 35.6 Å². The molecule has 1 saturated heterocycles. The van der Waals surface area contributed by atoms with E-state index < -0.39 is 29.5 Å². The summed E-state index contributed by atoms with van der Waals surface area (Å²) in [7, 11) is 2.70. The fourth-order valence-corrected chi connectivity index (χ4v) is 4.75. The predicted molar refractivity (Wildman–Crippen MR) is 124 cm³/mol. The summed E-state index contributed by atoms with van der Waals surface area (Å²) in [6.07, 6.45) is 0. The number of carbonyl (C=O) groups is 3. The minimum atomic E-state index is -1.10. The van der Waals surface area contributed by atoms with Gasteiger partial charge in [-0.25, -0.2) is 9.78 Å². The third kappa shape index (κ3) is 3.88. The Hall–Kier alpha value is -4.18. The molecule has 9 nitrogen and oxygen atoms in total. The quantitative estimate of drug-likeness (QED) is 0.246. The highest BCUT2D eigenvalue weighted by Gasteiger charge is 2.48. The van der Waals surface area contributed by atoms with E-state index in [0.717, 1.165) is 16.2 Å². The first-order chi connectivity index (χ1) is 16.3. The van der Waals surface area contributed by atoms with Gasteiger partial charge in [0, 0.05) is 5.56 Å². The van der Waals surface area contributed by atoms with Crippen molar-refractivity contribution in [2.24, 2.45) is 0 Å².